The SMILES string of the molecule is Oc1ccc2c(c1)=NC=CC=CC=2. The summed E-state index contributed by atoms with van der Waals surface area (Å²) in [6.07, 6.45) is 9.38. The first kappa shape index (κ1) is 7.80. The van der Waals surface area contributed by atoms with E-state index in [1.807, 2.05) is 30.4 Å². The Hall–Kier alpha value is -1.83. The highest BCUT2D eigenvalue weighted by molar-refractivity contribution is 5.40. The van der Waals surface area contributed by atoms with Crippen LogP contribution in [0.5, 0.6) is 5.75 Å². The van der Waals surface area contributed by atoms with E-state index in [1.165, 1.54) is 0 Å². The minimum absolute atomic E-state index is 0.244. The lowest BCUT2D eigenvalue weighted by Crippen LogP contribution is -2.23. The van der Waals surface area contributed by atoms with Crippen molar-refractivity contribution in [3.05, 3.63) is 53.2 Å². The van der Waals surface area contributed by atoms with Gasteiger partial charge in [0.1, 0.15) is 5.75 Å². The van der Waals surface area contributed by atoms with Crippen molar-refractivity contribution in [2.45, 2.75) is 0 Å². The standard InChI is InChI=1S/C11H9NO/c13-10-6-5-9-4-2-1-3-7-12-11(9)8-10/h1-8,13H. The minimum atomic E-state index is 0.244. The molecule has 0 amide bonds. The van der Waals surface area contributed by atoms with E-state index < -0.39 is 0 Å². The normalized spacial score (nSPS) is 13.5. The molecule has 1 heterocycles. The first-order valence-electron chi connectivity index (χ1n) is 4.07. The predicted molar refractivity (Wildman–Crippen MR) is 51.6 cm³/mol. The number of rotatable bonds is 0. The number of fused-ring (bicyclic) bond motifs is 1. The van der Waals surface area contributed by atoms with Crippen LogP contribution in [0.1, 0.15) is 0 Å². The third-order valence-corrected chi connectivity index (χ3v) is 1.81. The molecule has 0 aromatic heterocycles. The predicted octanol–water partition coefficient (Wildman–Crippen LogP) is 0.876. The van der Waals surface area contributed by atoms with Gasteiger partial charge in [-0.25, -0.2) is 0 Å². The largest absolute Gasteiger partial charge is 0.508 e. The van der Waals surface area contributed by atoms with Crippen LogP contribution in [0.25, 0.3) is 6.08 Å². The van der Waals surface area contributed by atoms with Gasteiger partial charge in [-0.3, -0.25) is 4.99 Å². The van der Waals surface area contributed by atoms with Gasteiger partial charge in [-0.1, -0.05) is 18.2 Å². The first-order chi connectivity index (χ1) is 6.36. The van der Waals surface area contributed by atoms with Gasteiger partial charge in [-0.15, -0.1) is 0 Å². The third kappa shape index (κ3) is 1.67. The van der Waals surface area contributed by atoms with Gasteiger partial charge in [0.15, 0.2) is 0 Å². The third-order valence-electron chi connectivity index (χ3n) is 1.81. The Bertz CT molecular complexity index is 483. The van der Waals surface area contributed by atoms with Crippen molar-refractivity contribution in [3.8, 4) is 5.75 Å². The Morgan fingerprint density at radius 2 is 2.00 bits per heavy atom. The lowest BCUT2D eigenvalue weighted by atomic mass is 10.2. The molecule has 1 aliphatic rings. The summed E-state index contributed by atoms with van der Waals surface area (Å²) in [4.78, 5) is 4.18. The summed E-state index contributed by atoms with van der Waals surface area (Å²) < 4.78 is 0. The Kier molecular flexibility index (Phi) is 1.96. The summed E-state index contributed by atoms with van der Waals surface area (Å²) in [6, 6.07) is 5.15. The number of hydrogen-bond acceptors (Lipinski definition) is 2. The molecule has 0 fully saturated rings. The van der Waals surface area contributed by atoms with Crippen molar-refractivity contribution < 1.29 is 5.11 Å². The Morgan fingerprint density at radius 3 is 2.92 bits per heavy atom. The van der Waals surface area contributed by atoms with Gasteiger partial charge >= 0.3 is 0 Å². The summed E-state index contributed by atoms with van der Waals surface area (Å²) in [5.74, 6) is 0.244. The molecule has 2 rings (SSSR count). The van der Waals surface area contributed by atoms with Crippen molar-refractivity contribution in [2.75, 3.05) is 0 Å². The molecule has 2 nitrogen and oxygen atoms in total. The maximum absolute atomic E-state index is 9.23. The highest BCUT2D eigenvalue weighted by Gasteiger charge is 1.89. The van der Waals surface area contributed by atoms with Crippen molar-refractivity contribution in [2.24, 2.45) is 4.99 Å². The Morgan fingerprint density at radius 1 is 1.08 bits per heavy atom. The minimum Gasteiger partial charge on any atom is -0.508 e. The van der Waals surface area contributed by atoms with Gasteiger partial charge in [0.05, 0.1) is 5.36 Å². The maximum atomic E-state index is 9.23. The number of phenols is 1. The molecule has 64 valence electrons. The second-order valence-corrected chi connectivity index (χ2v) is 2.77. The number of nitrogens with zero attached hydrogens (tertiary/aromatic N) is 1. The average Bonchev–Trinajstić information content (AvgIpc) is 2.08. The molecule has 2 heteroatoms. The molecule has 0 radical (unpaired) electrons. The Balaban J connectivity index is 2.79. The fraction of sp³-hybridized carbons (Fsp3) is 0. The van der Waals surface area contributed by atoms with Gasteiger partial charge in [0.25, 0.3) is 0 Å². The van der Waals surface area contributed by atoms with Crippen LogP contribution < -0.4 is 10.6 Å². The van der Waals surface area contributed by atoms with E-state index in [0.29, 0.717) is 0 Å². The smallest absolute Gasteiger partial charge is 0.117 e. The van der Waals surface area contributed by atoms with Crippen LogP contribution in [0.3, 0.4) is 0 Å². The van der Waals surface area contributed by atoms with E-state index in [0.717, 1.165) is 10.6 Å². The fourth-order valence-electron chi connectivity index (χ4n) is 1.18. The van der Waals surface area contributed by atoms with Crippen LogP contribution in [0.4, 0.5) is 0 Å². The Labute approximate surface area is 75.9 Å². The van der Waals surface area contributed by atoms with Crippen molar-refractivity contribution in [3.63, 3.8) is 0 Å². The molecule has 0 spiro atoms. The molecule has 0 aliphatic carbocycles. The molecule has 0 unspecified atom stereocenters. The van der Waals surface area contributed by atoms with E-state index in [1.54, 1.807) is 18.3 Å². The zero-order chi connectivity index (χ0) is 9.10. The summed E-state index contributed by atoms with van der Waals surface area (Å²) >= 11 is 0. The summed E-state index contributed by atoms with van der Waals surface area (Å²) in [5, 5.41) is 11.0. The molecule has 1 aromatic rings. The summed E-state index contributed by atoms with van der Waals surface area (Å²) in [5.41, 5.74) is 0. The first-order valence-corrected chi connectivity index (χ1v) is 4.07. The molecular weight excluding hydrogens is 162 g/mol. The fourth-order valence-corrected chi connectivity index (χ4v) is 1.18. The average molecular weight is 171 g/mol. The molecular formula is C11H9NO. The van der Waals surface area contributed by atoms with Gasteiger partial charge in [0.2, 0.25) is 0 Å². The van der Waals surface area contributed by atoms with Crippen LogP contribution in [-0.2, 0) is 0 Å². The highest BCUT2D eigenvalue weighted by Crippen LogP contribution is 1.98. The quantitative estimate of drug-likeness (QED) is 0.617. The second-order valence-electron chi connectivity index (χ2n) is 2.77. The van der Waals surface area contributed by atoms with Gasteiger partial charge in [-0.2, -0.15) is 0 Å². The lowest BCUT2D eigenvalue weighted by molar-refractivity contribution is 0.474. The molecule has 1 N–H and O–H groups in total. The lowest BCUT2D eigenvalue weighted by Gasteiger charge is -1.92. The molecule has 1 aromatic carbocycles. The van der Waals surface area contributed by atoms with Crippen LogP contribution in [0.15, 0.2) is 47.6 Å². The van der Waals surface area contributed by atoms with Crippen molar-refractivity contribution >= 4 is 6.08 Å². The number of aromatic hydroxyl groups is 1. The maximum Gasteiger partial charge on any atom is 0.117 e. The number of hydrogen-bond donors (Lipinski definition) is 1. The van der Waals surface area contributed by atoms with Gasteiger partial charge < -0.3 is 5.11 Å². The zero-order valence-electron chi connectivity index (χ0n) is 7.01. The van der Waals surface area contributed by atoms with Gasteiger partial charge in [0, 0.05) is 17.5 Å². The molecule has 0 bridgehead atoms. The van der Waals surface area contributed by atoms with Crippen molar-refractivity contribution in [1.29, 1.82) is 0 Å². The van der Waals surface area contributed by atoms with Crippen LogP contribution in [0.2, 0.25) is 0 Å². The van der Waals surface area contributed by atoms with E-state index >= 15 is 0 Å². The number of allylic oxidation sites excluding steroid dienone is 3. The van der Waals surface area contributed by atoms with E-state index in [2.05, 4.69) is 4.99 Å². The summed E-state index contributed by atoms with van der Waals surface area (Å²) in [6.45, 7) is 0. The number of benzene rings is 1. The van der Waals surface area contributed by atoms with E-state index in [9.17, 15) is 5.11 Å². The molecule has 13 heavy (non-hydrogen) atoms. The monoisotopic (exact) mass is 171 g/mol. The molecule has 0 atom stereocenters. The van der Waals surface area contributed by atoms with E-state index in [4.69, 9.17) is 0 Å². The highest BCUT2D eigenvalue weighted by atomic mass is 16.3. The molecule has 1 aliphatic heterocycles. The summed E-state index contributed by atoms with van der Waals surface area (Å²) in [7, 11) is 0. The van der Waals surface area contributed by atoms with Crippen LogP contribution >= 0.6 is 0 Å². The second kappa shape index (κ2) is 3.27. The number of phenolic OH excluding ortho intramolecular Hbond substituents is 1. The van der Waals surface area contributed by atoms with Crippen LogP contribution in [0, 0.1) is 0 Å². The van der Waals surface area contributed by atoms with Crippen LogP contribution in [-0.4, -0.2) is 5.11 Å². The molecule has 0 saturated heterocycles. The van der Waals surface area contributed by atoms with Crippen molar-refractivity contribution in [1.82, 2.24) is 0 Å². The van der Waals surface area contributed by atoms with Gasteiger partial charge in [-0.05, 0) is 18.2 Å². The van der Waals surface area contributed by atoms with E-state index in [-0.39, 0.29) is 5.75 Å². The molecule has 0 saturated carbocycles. The zero-order valence-corrected chi connectivity index (χ0v) is 7.01. The topological polar surface area (TPSA) is 32.6 Å².